The van der Waals surface area contributed by atoms with Crippen LogP contribution in [-0.2, 0) is 162 Å². The van der Waals surface area contributed by atoms with E-state index in [1.165, 1.54) is 0 Å². The van der Waals surface area contributed by atoms with Gasteiger partial charge in [-0.25, -0.2) is 0 Å². The van der Waals surface area contributed by atoms with Crippen LogP contribution in [0.2, 0.25) is 0 Å². The summed E-state index contributed by atoms with van der Waals surface area (Å²) in [4.78, 5) is 232. The summed E-state index contributed by atoms with van der Waals surface area (Å²) in [7, 11) is 0. The zero-order valence-electron chi connectivity index (χ0n) is 87.9. The van der Waals surface area contributed by atoms with Gasteiger partial charge < -0.3 is 171 Å². The Bertz CT molecular complexity index is 3770. The molecule has 860 valence electrons. The maximum Gasteiger partial charge on any atom is 0.413 e. The molecule has 0 aromatic rings. The molecule has 0 spiro atoms. The maximum absolute atomic E-state index is 13.2. The van der Waals surface area contributed by atoms with Crippen molar-refractivity contribution in [2.45, 2.75) is 194 Å². The first kappa shape index (κ1) is 140. The van der Waals surface area contributed by atoms with Crippen molar-refractivity contribution in [1.29, 1.82) is 0 Å². The number of thiol groups is 6. The van der Waals surface area contributed by atoms with E-state index in [9.17, 15) is 86.3 Å². The van der Waals surface area contributed by atoms with Crippen LogP contribution in [0.5, 0.6) is 0 Å². The molecule has 52 nitrogen and oxygen atoms in total. The van der Waals surface area contributed by atoms with E-state index in [0.29, 0.717) is 0 Å². The molecule has 1 aliphatic heterocycles. The van der Waals surface area contributed by atoms with E-state index in [0.717, 1.165) is 26.2 Å². The second-order valence-corrected chi connectivity index (χ2v) is 38.8. The van der Waals surface area contributed by atoms with Gasteiger partial charge in [-0.15, -0.1) is 0 Å². The van der Waals surface area contributed by atoms with Gasteiger partial charge in [0, 0.05) is 160 Å². The highest BCUT2D eigenvalue weighted by Crippen LogP contribution is 2.23. The second-order valence-electron chi connectivity index (χ2n) is 36.6. The number of ether oxygens (including phenoxy) is 16. The van der Waals surface area contributed by atoms with Gasteiger partial charge in [-0.3, -0.25) is 86.3 Å². The van der Waals surface area contributed by atoms with E-state index < -0.39 is 165 Å². The molecule has 1 heterocycles. The smallest absolute Gasteiger partial charge is 0.377 e. The van der Waals surface area contributed by atoms with Crippen molar-refractivity contribution in [1.82, 2.24) is 95.7 Å². The molecular weight excluding hydrogens is 2090 g/mol. The van der Waals surface area contributed by atoms with E-state index in [2.05, 4.69) is 171 Å². The Labute approximate surface area is 910 Å². The van der Waals surface area contributed by atoms with Crippen LogP contribution in [0.4, 0.5) is 0 Å². The monoisotopic (exact) mass is 2250 g/mol. The van der Waals surface area contributed by atoms with E-state index in [-0.39, 0.29) is 308 Å². The van der Waals surface area contributed by atoms with E-state index in [1.54, 1.807) is 41.5 Å². The maximum atomic E-state index is 13.2. The van der Waals surface area contributed by atoms with Crippen molar-refractivity contribution < 1.29 is 162 Å². The number of hydrogen-bond donors (Lipinski definition) is 24. The van der Waals surface area contributed by atoms with Crippen molar-refractivity contribution in [3.05, 3.63) is 26.2 Å². The Balaban J connectivity index is 3.45. The summed E-state index contributed by atoms with van der Waals surface area (Å²) in [5.41, 5.74) is -2.32. The highest BCUT2D eigenvalue weighted by atomic mass is 32.1. The molecule has 150 heavy (non-hydrogen) atoms. The molecule has 6 unspecified atom stereocenters. The first-order valence-electron chi connectivity index (χ1n) is 49.0. The Morgan fingerprint density at radius 1 is 0.360 bits per heavy atom. The van der Waals surface area contributed by atoms with Crippen molar-refractivity contribution in [2.75, 3.05) is 245 Å². The summed E-state index contributed by atoms with van der Waals surface area (Å²) in [6.07, 6.45) is -6.99. The fraction of sp³-hybridized carbons (Fsp3) is 0.761. The molecule has 0 aromatic carbocycles. The topological polar surface area (TPSA) is 671 Å². The number of rotatable bonds is 52. The standard InChI is InChI=1S/C92H162N18O34S6/c1-87(2,3)81(123)63(57-145)105-73(115)17-13-69(111)93-21-29-129-37-45-137-91(138-46-38-130-30-22-94-70(112)14-18-74(116)106-64(58-146)82(124)88(4,5)6)139-47-39-131-31-23-95-71(113)15-19-75(117)107-65(59-147)83(125)101-53-77(119)97-25-33-133-41-49-141-92(143-51-43-135-35-27-99-79(121)55-103-85(127)67(61-149)109-89(7,8)9,144-52-44-136-36-28-100-80(122)56-104-86(128)68(62-150)110-90(10,11)12)142-50-42-134-34-26-98-78(120)54-102-84(126)66(60-148)108-76(118)20-16-72(114)96-24-32-132-40-48-140-91/h53-56,63-68,109-110,145-150H,13-52,57-62H2,1-12H3,(H,93,111)(H,94,112)(H,95,113)(H,96,114)(H,97,119)(H,98,120)(H,99,121)(H,100,122)(H,101,125)(H,102,126)(H,103,127)(H,104,128)(H,105,115)(H,106,116)(H,107,117)(H,108,118). The molecule has 4 radical (unpaired) electrons. The van der Waals surface area contributed by atoms with Crippen LogP contribution in [0.15, 0.2) is 0 Å². The molecule has 0 bridgehead atoms. The van der Waals surface area contributed by atoms with Crippen molar-refractivity contribution in [2.24, 2.45) is 10.8 Å². The lowest BCUT2D eigenvalue weighted by Crippen LogP contribution is -2.52. The fourth-order valence-electron chi connectivity index (χ4n) is 11.9. The summed E-state index contributed by atoms with van der Waals surface area (Å²) >= 11 is 25.3. The summed E-state index contributed by atoms with van der Waals surface area (Å²) < 4.78 is 94.4. The summed E-state index contributed by atoms with van der Waals surface area (Å²) in [5, 5.41) is 46.7. The third-order valence-corrected chi connectivity index (χ3v) is 21.4. The molecule has 6 atom stereocenters. The zero-order valence-corrected chi connectivity index (χ0v) is 93.2. The largest absolute Gasteiger partial charge is 0.413 e. The van der Waals surface area contributed by atoms with Gasteiger partial charge in [0.1, 0.15) is 38.3 Å². The molecule has 0 aromatic heterocycles. The van der Waals surface area contributed by atoms with Crippen LogP contribution in [-0.4, -0.2) is 411 Å². The molecule has 0 aliphatic carbocycles. The quantitative estimate of drug-likeness (QED) is 0.0154. The number of hydrogen-bond acceptors (Lipinski definition) is 42. The molecule has 1 saturated heterocycles. The average molecular weight is 2260 g/mol. The lowest BCUT2D eigenvalue weighted by Gasteiger charge is -2.32. The molecule has 0 saturated carbocycles. The van der Waals surface area contributed by atoms with Gasteiger partial charge in [0.05, 0.1) is 183 Å². The Kier molecular flexibility index (Phi) is 76.5. The Hall–Kier alpha value is -7.76. The third kappa shape index (κ3) is 72.1. The van der Waals surface area contributed by atoms with Gasteiger partial charge in [-0.1, -0.05) is 41.5 Å². The SMILES string of the molecule is CC(C)(C)NC(CS)C(=O)N[CH]C(=O)NCCOCCOC1(OCCOCCNC(=O)[CH]NC(=O)C(CS)NC(C)(C)C)OCCOCCNC(=O)[CH]NC(=O)C(CS)NC(=O)CCC(=O)NCCOCCOC(OCCOCCNC(=O)CCC(=O)NC(CS)C(=O)C(C)(C)C)(OCCOCCNC(=O)CCC(=O)NC(CS)C(=O)C(C)(C)C)OCCOCCNC(=O)CCC(=O)NC(CS)C(=O)N[CH]C(=O)NCCOCCO1. The lowest BCUT2D eigenvalue weighted by molar-refractivity contribution is -0.502. The molecule has 1 rings (SSSR count). The molecular formula is C92H162N18O34S6. The van der Waals surface area contributed by atoms with Crippen LogP contribution in [0.1, 0.15) is 134 Å². The van der Waals surface area contributed by atoms with Gasteiger partial charge >= 0.3 is 12.3 Å². The normalized spacial score (nSPS) is 19.6. The molecule has 1 aliphatic rings. The van der Waals surface area contributed by atoms with Gasteiger partial charge in [-0.2, -0.15) is 75.8 Å². The van der Waals surface area contributed by atoms with Crippen LogP contribution in [0.25, 0.3) is 0 Å². The number of carbonyl (C=O) groups excluding carboxylic acids is 18. The van der Waals surface area contributed by atoms with Gasteiger partial charge in [-0.05, 0) is 41.5 Å². The zero-order chi connectivity index (χ0) is 112. The third-order valence-electron chi connectivity index (χ3n) is 19.2. The van der Waals surface area contributed by atoms with Crippen molar-refractivity contribution in [3.8, 4) is 0 Å². The summed E-state index contributed by atoms with van der Waals surface area (Å²) in [6.45, 7) is 20.2. The Morgan fingerprint density at radius 2 is 0.640 bits per heavy atom. The number of Topliss-reactive ketones (excluding diaryl/α,β-unsaturated/α-hetero) is 2. The Morgan fingerprint density at radius 3 is 0.920 bits per heavy atom. The molecule has 1 fully saturated rings. The predicted octanol–water partition coefficient (Wildman–Crippen LogP) is -5.09. The number of nitrogens with one attached hydrogen (secondary N) is 18. The first-order valence-corrected chi connectivity index (χ1v) is 52.8. The van der Waals surface area contributed by atoms with E-state index >= 15 is 0 Å². The summed E-state index contributed by atoms with van der Waals surface area (Å²) in [6, 6.07) is -5.61. The van der Waals surface area contributed by atoms with Gasteiger partial charge in [0.25, 0.3) is 0 Å². The molecule has 58 heteroatoms. The lowest BCUT2D eigenvalue weighted by atomic mass is 9.87. The van der Waals surface area contributed by atoms with Crippen molar-refractivity contribution >= 4 is 182 Å². The minimum absolute atomic E-state index is 0.00595. The highest BCUT2D eigenvalue weighted by Gasteiger charge is 2.40. The summed E-state index contributed by atoms with van der Waals surface area (Å²) in [5.74, 6) is -10.4. The number of amides is 16. The van der Waals surface area contributed by atoms with Gasteiger partial charge in [0.2, 0.25) is 94.5 Å². The van der Waals surface area contributed by atoms with Crippen LogP contribution in [0.3, 0.4) is 0 Å². The number of carbonyl (C=O) groups is 18. The minimum atomic E-state index is -2.38. The minimum Gasteiger partial charge on any atom is -0.377 e. The highest BCUT2D eigenvalue weighted by molar-refractivity contribution is 7.81. The van der Waals surface area contributed by atoms with Gasteiger partial charge in [0.15, 0.2) is 11.6 Å². The first-order chi connectivity index (χ1) is 71.1. The van der Waals surface area contributed by atoms with Crippen LogP contribution in [0, 0.1) is 37.0 Å². The van der Waals surface area contributed by atoms with Crippen LogP contribution >= 0.6 is 75.8 Å². The van der Waals surface area contributed by atoms with E-state index in [4.69, 9.17) is 75.8 Å². The average Bonchev–Trinajstić information content (AvgIpc) is 0.870. The fourth-order valence-corrected chi connectivity index (χ4v) is 13.4. The number of ketones is 2. The van der Waals surface area contributed by atoms with E-state index in [1.807, 2.05) is 41.5 Å². The van der Waals surface area contributed by atoms with Crippen LogP contribution < -0.4 is 95.7 Å². The molecule has 16 amide bonds. The predicted molar refractivity (Wildman–Crippen MR) is 564 cm³/mol. The molecule has 18 N–H and O–H groups in total. The second kappa shape index (κ2) is 81.8. The van der Waals surface area contributed by atoms with Crippen molar-refractivity contribution in [3.63, 3.8) is 0 Å².